The van der Waals surface area contributed by atoms with Crippen LogP contribution >= 0.6 is 0 Å². The van der Waals surface area contributed by atoms with Gasteiger partial charge in [0, 0.05) is 49.2 Å². The van der Waals surface area contributed by atoms with Gasteiger partial charge in [-0.1, -0.05) is 38.4 Å². The molecule has 0 fully saturated rings. The van der Waals surface area contributed by atoms with Crippen molar-refractivity contribution in [1.29, 1.82) is 0 Å². The molecule has 1 amide bonds. The summed E-state index contributed by atoms with van der Waals surface area (Å²) >= 11 is 0. The lowest BCUT2D eigenvalue weighted by Crippen LogP contribution is -2.22. The van der Waals surface area contributed by atoms with Gasteiger partial charge in [0.2, 0.25) is 0 Å². The number of H-pyrrole nitrogens is 1. The molecule has 0 bridgehead atoms. The van der Waals surface area contributed by atoms with Gasteiger partial charge in [0.15, 0.2) is 0 Å². The zero-order valence-corrected chi connectivity index (χ0v) is 21.6. The number of aromatic amines is 1. The normalized spacial score (nSPS) is 11.8. The lowest BCUT2D eigenvalue weighted by atomic mass is 9.99. The second-order valence-corrected chi connectivity index (χ2v) is 15.5. The molecule has 182 valence electrons. The van der Waals surface area contributed by atoms with E-state index in [9.17, 15) is 4.79 Å². The average Bonchev–Trinajstić information content (AvgIpc) is 3.38. The maximum absolute atomic E-state index is 15.3. The Morgan fingerprint density at radius 3 is 2.66 bits per heavy atom. The third kappa shape index (κ3) is 4.85. The van der Waals surface area contributed by atoms with Crippen molar-refractivity contribution in [3.05, 3.63) is 71.8 Å². The van der Waals surface area contributed by atoms with Crippen molar-refractivity contribution in [2.24, 2.45) is 5.73 Å². The third-order valence-electron chi connectivity index (χ3n) is 6.06. The number of amides is 1. The zero-order chi connectivity index (χ0) is 25.3. The topological polar surface area (TPSA) is 85.9 Å². The van der Waals surface area contributed by atoms with Gasteiger partial charge in [-0.05, 0) is 42.8 Å². The minimum atomic E-state index is -1.32. The van der Waals surface area contributed by atoms with Crippen LogP contribution in [0.3, 0.4) is 0 Å². The van der Waals surface area contributed by atoms with Crippen molar-refractivity contribution >= 4 is 31.1 Å². The number of hydrogen-bond donors (Lipinski definition) is 2. The van der Waals surface area contributed by atoms with Crippen LogP contribution in [0.2, 0.25) is 25.7 Å². The number of aryl methyl sites for hydroxylation is 1. The first-order chi connectivity index (χ1) is 16.6. The molecule has 35 heavy (non-hydrogen) atoms. The molecule has 0 radical (unpaired) electrons. The van der Waals surface area contributed by atoms with Crippen LogP contribution in [-0.4, -0.2) is 35.1 Å². The third-order valence-corrected chi connectivity index (χ3v) is 7.77. The number of rotatable bonds is 9. The molecule has 1 aromatic carbocycles. The van der Waals surface area contributed by atoms with Crippen LogP contribution in [0.25, 0.3) is 39.6 Å². The van der Waals surface area contributed by atoms with E-state index in [-0.39, 0.29) is 17.9 Å². The highest BCUT2D eigenvalue weighted by atomic mass is 28.3. The molecule has 0 aliphatic heterocycles. The summed E-state index contributed by atoms with van der Waals surface area (Å²) in [6.07, 6.45) is 5.10. The highest BCUT2D eigenvalue weighted by Gasteiger charge is 2.29. The van der Waals surface area contributed by atoms with E-state index < -0.39 is 19.8 Å². The average molecular weight is 491 g/mol. The number of benzene rings is 1. The molecule has 0 saturated carbocycles. The fourth-order valence-corrected chi connectivity index (χ4v) is 5.06. The number of nitrogens with zero attached hydrogens (tertiary/aromatic N) is 2. The van der Waals surface area contributed by atoms with E-state index in [0.717, 1.165) is 22.6 Å². The molecule has 4 rings (SSSR count). The van der Waals surface area contributed by atoms with Gasteiger partial charge in [0.25, 0.3) is 5.91 Å². The van der Waals surface area contributed by atoms with Crippen LogP contribution in [0.5, 0.6) is 0 Å². The summed E-state index contributed by atoms with van der Waals surface area (Å²) in [5.41, 5.74) is 10.3. The van der Waals surface area contributed by atoms with E-state index in [1.807, 2.05) is 35.9 Å². The minimum absolute atomic E-state index is 0.130. The number of ether oxygens (including phenoxy) is 1. The Labute approximate surface area is 205 Å². The van der Waals surface area contributed by atoms with Crippen LogP contribution in [0.4, 0.5) is 4.39 Å². The molecule has 8 heteroatoms. The molecular formula is C27H31FN4O2Si. The molecule has 0 spiro atoms. The van der Waals surface area contributed by atoms with Crippen molar-refractivity contribution in [1.82, 2.24) is 14.5 Å². The molecule has 3 aromatic heterocycles. The van der Waals surface area contributed by atoms with Crippen molar-refractivity contribution in [3.63, 3.8) is 0 Å². The van der Waals surface area contributed by atoms with Gasteiger partial charge in [0.1, 0.15) is 18.2 Å². The van der Waals surface area contributed by atoms with Gasteiger partial charge in [-0.3, -0.25) is 4.79 Å². The maximum atomic E-state index is 15.3. The molecule has 0 aliphatic rings. The second kappa shape index (κ2) is 9.63. The number of nitrogens with one attached hydrogen (secondary N) is 1. The first-order valence-electron chi connectivity index (χ1n) is 11.6. The monoisotopic (exact) mass is 490 g/mol. The van der Waals surface area contributed by atoms with E-state index in [1.165, 1.54) is 6.07 Å². The Bertz CT molecular complexity index is 1410. The Morgan fingerprint density at radius 1 is 1.23 bits per heavy atom. The Hall–Kier alpha value is -3.49. The number of halogens is 1. The number of carbonyl (C=O) groups excluding carboxylic acids is 1. The molecular weight excluding hydrogens is 459 g/mol. The van der Waals surface area contributed by atoms with Crippen molar-refractivity contribution < 1.29 is 13.9 Å². The standard InChI is InChI=1S/C27H31FN4O2Si/c1-6-18-23(26(29)33)25(21-8-7-17(2)15-22(21)28)32(16-34-13-14-35(3,4)5)24(18)19-9-11-30-27-20(19)10-12-31-27/h6-12,15H,1,13-14,16H2,2-5H3,(H2,29,33)(H,30,31). The number of carbonyl (C=O) groups is 1. The van der Waals surface area contributed by atoms with E-state index >= 15 is 4.39 Å². The fourth-order valence-electron chi connectivity index (χ4n) is 4.30. The first-order valence-corrected chi connectivity index (χ1v) is 15.3. The quantitative estimate of drug-likeness (QED) is 0.216. The van der Waals surface area contributed by atoms with E-state index in [0.29, 0.717) is 29.2 Å². The number of pyridine rings is 1. The smallest absolute Gasteiger partial charge is 0.251 e. The predicted octanol–water partition coefficient (Wildman–Crippen LogP) is 6.20. The van der Waals surface area contributed by atoms with Crippen LogP contribution < -0.4 is 5.73 Å². The summed E-state index contributed by atoms with van der Waals surface area (Å²) in [5, 5.41) is 0.864. The second-order valence-electron chi connectivity index (χ2n) is 9.91. The van der Waals surface area contributed by atoms with Crippen LogP contribution in [-0.2, 0) is 11.5 Å². The number of aromatic nitrogens is 3. The van der Waals surface area contributed by atoms with Gasteiger partial charge < -0.3 is 20.0 Å². The highest BCUT2D eigenvalue weighted by molar-refractivity contribution is 6.76. The van der Waals surface area contributed by atoms with Crippen molar-refractivity contribution in [3.8, 4) is 22.5 Å². The van der Waals surface area contributed by atoms with Gasteiger partial charge in [-0.2, -0.15) is 0 Å². The number of fused-ring (bicyclic) bond motifs is 1. The lowest BCUT2D eigenvalue weighted by Gasteiger charge is -2.19. The lowest BCUT2D eigenvalue weighted by molar-refractivity contribution is 0.0893. The summed E-state index contributed by atoms with van der Waals surface area (Å²) < 4.78 is 23.3. The summed E-state index contributed by atoms with van der Waals surface area (Å²) in [6.45, 7) is 13.3. The Balaban J connectivity index is 2.01. The summed E-state index contributed by atoms with van der Waals surface area (Å²) in [6, 6.07) is 9.72. The number of primary amides is 1. The number of hydrogen-bond acceptors (Lipinski definition) is 3. The molecule has 0 aliphatic carbocycles. The fraction of sp³-hybridized carbons (Fsp3) is 0.259. The van der Waals surface area contributed by atoms with Crippen molar-refractivity contribution in [2.75, 3.05) is 6.61 Å². The zero-order valence-electron chi connectivity index (χ0n) is 20.6. The van der Waals surface area contributed by atoms with Gasteiger partial charge in [-0.15, -0.1) is 0 Å². The first kappa shape index (κ1) is 24.6. The molecule has 3 N–H and O–H groups in total. The van der Waals surface area contributed by atoms with Crippen LogP contribution in [0.1, 0.15) is 21.5 Å². The van der Waals surface area contributed by atoms with Gasteiger partial charge in [-0.25, -0.2) is 9.37 Å². The predicted molar refractivity (Wildman–Crippen MR) is 142 cm³/mol. The molecule has 4 aromatic rings. The van der Waals surface area contributed by atoms with Crippen LogP contribution in [0, 0.1) is 12.7 Å². The minimum Gasteiger partial charge on any atom is -0.366 e. The Kier molecular flexibility index (Phi) is 6.78. The SMILES string of the molecule is C=Cc1c(C(N)=O)c(-c2ccc(C)cc2F)n(COCC[Si](C)(C)C)c1-c1ccnc2[nH]ccc12. The molecule has 0 unspecified atom stereocenters. The van der Waals surface area contributed by atoms with E-state index in [2.05, 4.69) is 36.2 Å². The van der Waals surface area contributed by atoms with Gasteiger partial charge in [0.05, 0.1) is 17.0 Å². The molecule has 6 nitrogen and oxygen atoms in total. The molecule has 3 heterocycles. The van der Waals surface area contributed by atoms with Crippen LogP contribution in [0.15, 0.2) is 49.3 Å². The summed E-state index contributed by atoms with van der Waals surface area (Å²) in [5.74, 6) is -1.09. The van der Waals surface area contributed by atoms with E-state index in [4.69, 9.17) is 10.5 Å². The number of nitrogens with two attached hydrogens (primary N) is 1. The maximum Gasteiger partial charge on any atom is 0.251 e. The summed E-state index contributed by atoms with van der Waals surface area (Å²) in [4.78, 5) is 20.3. The Morgan fingerprint density at radius 2 is 2.00 bits per heavy atom. The molecule has 0 saturated heterocycles. The van der Waals surface area contributed by atoms with Crippen molar-refractivity contribution in [2.45, 2.75) is 39.3 Å². The largest absolute Gasteiger partial charge is 0.366 e. The highest BCUT2D eigenvalue weighted by Crippen LogP contribution is 2.41. The van der Waals surface area contributed by atoms with Gasteiger partial charge >= 0.3 is 0 Å². The summed E-state index contributed by atoms with van der Waals surface area (Å²) in [7, 11) is -1.32. The molecule has 0 atom stereocenters. The van der Waals surface area contributed by atoms with E-state index in [1.54, 1.807) is 18.3 Å².